The molecule has 0 saturated carbocycles. The van der Waals surface area contributed by atoms with Crippen molar-refractivity contribution in [3.63, 3.8) is 0 Å². The molecule has 2 aromatic carbocycles. The average Bonchev–Trinajstić information content (AvgIpc) is 2.88. The van der Waals surface area contributed by atoms with E-state index in [2.05, 4.69) is 5.32 Å². The molecule has 1 amide bonds. The lowest BCUT2D eigenvalue weighted by Crippen LogP contribution is -2.32. The lowest BCUT2D eigenvalue weighted by molar-refractivity contribution is -0.122. The second-order valence-corrected chi connectivity index (χ2v) is 6.26. The lowest BCUT2D eigenvalue weighted by Gasteiger charge is -2.14. The van der Waals surface area contributed by atoms with Crippen molar-refractivity contribution in [3.05, 3.63) is 76.2 Å². The second-order valence-electron chi connectivity index (χ2n) is 6.26. The molecule has 0 saturated heterocycles. The number of hydrogen-bond donors (Lipinski definition) is 1. The van der Waals surface area contributed by atoms with Gasteiger partial charge in [0.1, 0.15) is 11.4 Å². The number of nitrogens with one attached hydrogen (secondary N) is 1. The van der Waals surface area contributed by atoms with E-state index in [4.69, 9.17) is 4.74 Å². The number of halogens is 2. The first-order valence-electron chi connectivity index (χ1n) is 8.56. The standard InChI is InChI=1S/C20H19F2N3O3/c1-12-18(20(27)25(24(12)3)14-7-5-4-6-8-14)23-19(26)13(2)28-15-9-10-16(21)17(22)11-15/h4-11,13H,1-3H3,(H,23,26)/t13-/m0/s1. The van der Waals surface area contributed by atoms with Gasteiger partial charge in [-0.15, -0.1) is 0 Å². The zero-order valence-electron chi connectivity index (χ0n) is 15.6. The lowest BCUT2D eigenvalue weighted by atomic mass is 10.3. The quantitative estimate of drug-likeness (QED) is 0.731. The number of hydrogen-bond acceptors (Lipinski definition) is 3. The van der Waals surface area contributed by atoms with E-state index in [0.717, 1.165) is 12.1 Å². The van der Waals surface area contributed by atoms with Crippen molar-refractivity contribution in [3.8, 4) is 11.4 Å². The van der Waals surface area contributed by atoms with Crippen LogP contribution >= 0.6 is 0 Å². The Bertz CT molecular complexity index is 1070. The molecule has 0 aliphatic heterocycles. The third-order valence-corrected chi connectivity index (χ3v) is 4.38. The molecule has 146 valence electrons. The van der Waals surface area contributed by atoms with Crippen molar-refractivity contribution in [1.29, 1.82) is 0 Å². The van der Waals surface area contributed by atoms with Crippen LogP contribution in [0.3, 0.4) is 0 Å². The van der Waals surface area contributed by atoms with Crippen LogP contribution in [0.4, 0.5) is 14.5 Å². The highest BCUT2D eigenvalue weighted by molar-refractivity contribution is 5.94. The Balaban J connectivity index is 1.82. The minimum Gasteiger partial charge on any atom is -0.481 e. The van der Waals surface area contributed by atoms with Crippen LogP contribution in [0.15, 0.2) is 53.3 Å². The Hall–Kier alpha value is -3.42. The topological polar surface area (TPSA) is 65.3 Å². The van der Waals surface area contributed by atoms with E-state index in [0.29, 0.717) is 11.4 Å². The maximum Gasteiger partial charge on any atom is 0.295 e. The normalized spacial score (nSPS) is 11.9. The first-order valence-corrected chi connectivity index (χ1v) is 8.56. The van der Waals surface area contributed by atoms with Gasteiger partial charge in [0.2, 0.25) is 0 Å². The van der Waals surface area contributed by atoms with Crippen molar-refractivity contribution in [2.45, 2.75) is 20.0 Å². The van der Waals surface area contributed by atoms with E-state index in [-0.39, 0.29) is 17.0 Å². The minimum atomic E-state index is -1.07. The third kappa shape index (κ3) is 3.66. The van der Waals surface area contributed by atoms with Crippen LogP contribution in [-0.2, 0) is 11.8 Å². The van der Waals surface area contributed by atoms with Gasteiger partial charge in [0.15, 0.2) is 17.7 Å². The fourth-order valence-electron chi connectivity index (χ4n) is 2.74. The highest BCUT2D eigenvalue weighted by Crippen LogP contribution is 2.18. The summed E-state index contributed by atoms with van der Waals surface area (Å²) in [5.74, 6) is -2.66. The highest BCUT2D eigenvalue weighted by atomic mass is 19.2. The number of aromatic nitrogens is 2. The van der Waals surface area contributed by atoms with E-state index in [1.54, 1.807) is 42.9 Å². The third-order valence-electron chi connectivity index (χ3n) is 4.38. The number of carbonyl (C=O) groups is 1. The van der Waals surface area contributed by atoms with Crippen molar-refractivity contribution < 1.29 is 18.3 Å². The molecule has 3 aromatic rings. The SMILES string of the molecule is Cc1c(NC(=O)[C@H](C)Oc2ccc(F)c(F)c2)c(=O)n(-c2ccccc2)n1C. The largest absolute Gasteiger partial charge is 0.481 e. The van der Waals surface area contributed by atoms with E-state index in [1.807, 2.05) is 6.07 Å². The zero-order valence-corrected chi connectivity index (χ0v) is 15.6. The van der Waals surface area contributed by atoms with Gasteiger partial charge in [0.05, 0.1) is 11.4 Å². The molecule has 1 heterocycles. The van der Waals surface area contributed by atoms with E-state index >= 15 is 0 Å². The molecule has 0 spiro atoms. The maximum absolute atomic E-state index is 13.3. The molecule has 28 heavy (non-hydrogen) atoms. The van der Waals surface area contributed by atoms with E-state index < -0.39 is 23.6 Å². The van der Waals surface area contributed by atoms with Crippen LogP contribution < -0.4 is 15.6 Å². The van der Waals surface area contributed by atoms with Crippen LogP contribution in [0.2, 0.25) is 0 Å². The summed E-state index contributed by atoms with van der Waals surface area (Å²) in [5.41, 5.74) is 0.948. The molecule has 6 nitrogen and oxygen atoms in total. The second kappa shape index (κ2) is 7.67. The Morgan fingerprint density at radius 1 is 1.11 bits per heavy atom. The van der Waals surface area contributed by atoms with Crippen molar-refractivity contribution in [2.24, 2.45) is 7.05 Å². The molecule has 1 atom stereocenters. The molecule has 0 aliphatic carbocycles. The molecular weight excluding hydrogens is 368 g/mol. The van der Waals surface area contributed by atoms with Gasteiger partial charge >= 0.3 is 0 Å². The number of rotatable bonds is 5. The van der Waals surface area contributed by atoms with Gasteiger partial charge in [-0.3, -0.25) is 14.3 Å². The molecule has 0 bridgehead atoms. The molecule has 0 unspecified atom stereocenters. The highest BCUT2D eigenvalue weighted by Gasteiger charge is 2.22. The van der Waals surface area contributed by atoms with Gasteiger partial charge in [-0.2, -0.15) is 0 Å². The maximum atomic E-state index is 13.3. The predicted molar refractivity (Wildman–Crippen MR) is 101 cm³/mol. The van der Waals surface area contributed by atoms with Crippen LogP contribution in [0, 0.1) is 18.6 Å². The molecule has 0 aliphatic rings. The van der Waals surface area contributed by atoms with Gasteiger partial charge < -0.3 is 10.1 Å². The van der Waals surface area contributed by atoms with Gasteiger partial charge in [-0.1, -0.05) is 18.2 Å². The summed E-state index contributed by atoms with van der Waals surface area (Å²) < 4.78 is 34.7. The summed E-state index contributed by atoms with van der Waals surface area (Å²) in [6.45, 7) is 3.15. The van der Waals surface area contributed by atoms with Crippen molar-refractivity contribution in [2.75, 3.05) is 5.32 Å². The molecule has 1 N–H and O–H groups in total. The summed E-state index contributed by atoms with van der Waals surface area (Å²) in [5, 5.41) is 2.57. The summed E-state index contributed by atoms with van der Waals surface area (Å²) in [7, 11) is 1.71. The van der Waals surface area contributed by atoms with Gasteiger partial charge in [-0.25, -0.2) is 13.5 Å². The number of ether oxygens (including phenoxy) is 1. The Kier molecular flexibility index (Phi) is 5.30. The Morgan fingerprint density at radius 2 is 1.79 bits per heavy atom. The number of nitrogens with zero attached hydrogens (tertiary/aromatic N) is 2. The number of amides is 1. The summed E-state index contributed by atoms with van der Waals surface area (Å²) in [6.07, 6.45) is -1.03. The predicted octanol–water partition coefficient (Wildman–Crippen LogP) is 3.17. The Labute approximate surface area is 160 Å². The van der Waals surface area contributed by atoms with Crippen LogP contribution in [-0.4, -0.2) is 21.4 Å². The van der Waals surface area contributed by atoms with E-state index in [1.165, 1.54) is 17.7 Å². The number of anilines is 1. The monoisotopic (exact) mass is 387 g/mol. The molecule has 3 rings (SSSR count). The summed E-state index contributed by atoms with van der Waals surface area (Å²) >= 11 is 0. The molecule has 0 radical (unpaired) electrons. The summed E-state index contributed by atoms with van der Waals surface area (Å²) in [4.78, 5) is 25.3. The van der Waals surface area contributed by atoms with Gasteiger partial charge in [-0.05, 0) is 38.1 Å². The first kappa shape index (κ1) is 19.3. The van der Waals surface area contributed by atoms with Crippen molar-refractivity contribution >= 4 is 11.6 Å². The fourth-order valence-corrected chi connectivity index (χ4v) is 2.74. The average molecular weight is 387 g/mol. The van der Waals surface area contributed by atoms with E-state index in [9.17, 15) is 18.4 Å². The molecular formula is C20H19F2N3O3. The van der Waals surface area contributed by atoms with Crippen LogP contribution in [0.5, 0.6) is 5.75 Å². The van der Waals surface area contributed by atoms with Crippen LogP contribution in [0.1, 0.15) is 12.6 Å². The number of carbonyl (C=O) groups excluding carboxylic acids is 1. The minimum absolute atomic E-state index is 0.00744. The summed E-state index contributed by atoms with van der Waals surface area (Å²) in [6, 6.07) is 12.0. The van der Waals surface area contributed by atoms with Gasteiger partial charge in [0.25, 0.3) is 11.5 Å². The molecule has 1 aromatic heterocycles. The van der Waals surface area contributed by atoms with Gasteiger partial charge in [0, 0.05) is 13.1 Å². The van der Waals surface area contributed by atoms with Crippen molar-refractivity contribution in [1.82, 2.24) is 9.36 Å². The molecule has 8 heteroatoms. The smallest absolute Gasteiger partial charge is 0.295 e. The van der Waals surface area contributed by atoms with Crippen LogP contribution in [0.25, 0.3) is 5.69 Å². The Morgan fingerprint density at radius 3 is 2.43 bits per heavy atom. The fraction of sp³-hybridized carbons (Fsp3) is 0.200. The zero-order chi connectivity index (χ0) is 20.4. The number of para-hydroxylation sites is 1. The number of benzene rings is 2. The first-order chi connectivity index (χ1) is 13.3. The molecule has 0 fully saturated rings.